The minimum Gasteiger partial charge on any atom is -0.496 e. The summed E-state index contributed by atoms with van der Waals surface area (Å²) in [6.07, 6.45) is -0.499. The Morgan fingerprint density at radius 1 is 1.12 bits per heavy atom. The molecule has 0 N–H and O–H groups in total. The van der Waals surface area contributed by atoms with Crippen molar-refractivity contribution in [1.29, 1.82) is 0 Å². The van der Waals surface area contributed by atoms with Crippen molar-refractivity contribution in [3.05, 3.63) is 39.9 Å². The normalized spacial score (nSPS) is 12.6. The predicted octanol–water partition coefficient (Wildman–Crippen LogP) is 0.977. The van der Waals surface area contributed by atoms with Crippen LogP contribution >= 0.6 is 0 Å². The number of nitrogens with zero attached hydrogens (tertiary/aromatic N) is 1. The Hall–Kier alpha value is -2.97. The first-order valence-electron chi connectivity index (χ1n) is 7.29. The molecule has 25 heavy (non-hydrogen) atoms. The predicted molar refractivity (Wildman–Crippen MR) is 84.7 cm³/mol. The molecule has 1 aromatic rings. The van der Waals surface area contributed by atoms with E-state index in [2.05, 4.69) is 9.47 Å². The van der Waals surface area contributed by atoms with Gasteiger partial charge < -0.3 is 14.2 Å². The SMILES string of the molecule is COC(=O)C[C@H](C(=O)C(=O)OC)[C@H](C[N+](=O)[O-])c1ccccc1OC. The van der Waals surface area contributed by atoms with E-state index < -0.39 is 47.4 Å². The van der Waals surface area contributed by atoms with Crippen LogP contribution in [0.2, 0.25) is 0 Å². The van der Waals surface area contributed by atoms with Crippen molar-refractivity contribution >= 4 is 17.7 Å². The topological polar surface area (TPSA) is 122 Å². The second kappa shape index (κ2) is 9.36. The summed E-state index contributed by atoms with van der Waals surface area (Å²) in [5.41, 5.74) is 0.341. The van der Waals surface area contributed by atoms with Crippen LogP contribution in [-0.2, 0) is 23.9 Å². The van der Waals surface area contributed by atoms with Gasteiger partial charge in [-0.3, -0.25) is 19.7 Å². The Labute approximate surface area is 144 Å². The number of carbonyl (C=O) groups is 3. The first kappa shape index (κ1) is 20.1. The molecular formula is C16H19NO8. The smallest absolute Gasteiger partial charge is 0.374 e. The molecule has 0 saturated carbocycles. The van der Waals surface area contributed by atoms with E-state index in [1.807, 2.05) is 0 Å². The van der Waals surface area contributed by atoms with E-state index in [1.54, 1.807) is 24.3 Å². The Morgan fingerprint density at radius 3 is 2.28 bits per heavy atom. The number of nitro groups is 1. The standard InChI is InChI=1S/C16H19NO8/c1-23-13-7-5-4-6-10(13)12(9-17(21)22)11(8-14(18)24-2)15(19)16(20)25-3/h4-7,11-12H,8-9H2,1-3H3/t11-,12+/m0/s1. The molecule has 0 radical (unpaired) electrons. The molecule has 9 nitrogen and oxygen atoms in total. The van der Waals surface area contributed by atoms with Crippen molar-refractivity contribution < 1.29 is 33.5 Å². The molecule has 0 aliphatic rings. The summed E-state index contributed by atoms with van der Waals surface area (Å²) in [6.45, 7) is -0.676. The highest BCUT2D eigenvalue weighted by atomic mass is 16.6. The van der Waals surface area contributed by atoms with Crippen molar-refractivity contribution in [2.45, 2.75) is 12.3 Å². The fraction of sp³-hybridized carbons (Fsp3) is 0.438. The van der Waals surface area contributed by atoms with E-state index in [1.165, 1.54) is 7.11 Å². The zero-order valence-corrected chi connectivity index (χ0v) is 14.1. The Morgan fingerprint density at radius 2 is 1.76 bits per heavy atom. The number of carbonyl (C=O) groups excluding carboxylic acids is 3. The van der Waals surface area contributed by atoms with Gasteiger partial charge >= 0.3 is 11.9 Å². The van der Waals surface area contributed by atoms with Crippen molar-refractivity contribution in [3.63, 3.8) is 0 Å². The zero-order chi connectivity index (χ0) is 19.0. The zero-order valence-electron chi connectivity index (χ0n) is 14.1. The van der Waals surface area contributed by atoms with Gasteiger partial charge in [-0.1, -0.05) is 18.2 Å². The average molecular weight is 353 g/mol. The van der Waals surface area contributed by atoms with Gasteiger partial charge in [0.05, 0.1) is 39.6 Å². The van der Waals surface area contributed by atoms with Crippen molar-refractivity contribution in [2.24, 2.45) is 5.92 Å². The van der Waals surface area contributed by atoms with Crippen LogP contribution in [0, 0.1) is 16.0 Å². The van der Waals surface area contributed by atoms with Crippen LogP contribution in [0.5, 0.6) is 5.75 Å². The lowest BCUT2D eigenvalue weighted by molar-refractivity contribution is -0.484. The van der Waals surface area contributed by atoms with E-state index in [9.17, 15) is 24.5 Å². The number of hydrogen-bond acceptors (Lipinski definition) is 8. The highest BCUT2D eigenvalue weighted by Crippen LogP contribution is 2.35. The molecule has 0 unspecified atom stereocenters. The fourth-order valence-electron chi connectivity index (χ4n) is 2.51. The molecular weight excluding hydrogens is 334 g/mol. The Balaban J connectivity index is 3.41. The summed E-state index contributed by atoms with van der Waals surface area (Å²) in [6, 6.07) is 6.38. The van der Waals surface area contributed by atoms with Gasteiger partial charge in [-0.15, -0.1) is 0 Å². The summed E-state index contributed by atoms with van der Waals surface area (Å²) < 4.78 is 14.2. The van der Waals surface area contributed by atoms with Gasteiger partial charge in [0, 0.05) is 10.5 Å². The van der Waals surface area contributed by atoms with Crippen molar-refractivity contribution in [1.82, 2.24) is 0 Å². The van der Waals surface area contributed by atoms with E-state index in [-0.39, 0.29) is 0 Å². The number of methoxy groups -OCH3 is 3. The van der Waals surface area contributed by atoms with Crippen LogP contribution < -0.4 is 4.74 Å². The maximum Gasteiger partial charge on any atom is 0.374 e. The third-order valence-corrected chi connectivity index (χ3v) is 3.71. The first-order valence-corrected chi connectivity index (χ1v) is 7.29. The van der Waals surface area contributed by atoms with E-state index >= 15 is 0 Å². The number of hydrogen-bond donors (Lipinski definition) is 0. The molecule has 2 atom stereocenters. The Bertz CT molecular complexity index is 657. The largest absolute Gasteiger partial charge is 0.496 e. The summed E-state index contributed by atoms with van der Waals surface area (Å²) in [4.78, 5) is 46.2. The summed E-state index contributed by atoms with van der Waals surface area (Å²) in [5, 5.41) is 11.1. The number of ether oxygens (including phenoxy) is 3. The lowest BCUT2D eigenvalue weighted by atomic mass is 9.80. The van der Waals surface area contributed by atoms with Gasteiger partial charge in [0.25, 0.3) is 0 Å². The molecule has 136 valence electrons. The number of Topliss-reactive ketones (excluding diaryl/α,β-unsaturated/α-hetero) is 1. The quantitative estimate of drug-likeness (QED) is 0.279. The van der Waals surface area contributed by atoms with E-state index in [4.69, 9.17) is 4.74 Å². The van der Waals surface area contributed by atoms with Crippen LogP contribution in [0.1, 0.15) is 17.9 Å². The number of ketones is 1. The van der Waals surface area contributed by atoms with Gasteiger partial charge in [0.2, 0.25) is 12.3 Å². The molecule has 1 aromatic carbocycles. The molecule has 0 saturated heterocycles. The molecule has 0 aliphatic heterocycles. The summed E-state index contributed by atoms with van der Waals surface area (Å²) >= 11 is 0. The third kappa shape index (κ3) is 5.27. The molecule has 9 heteroatoms. The van der Waals surface area contributed by atoms with Crippen LogP contribution in [0.15, 0.2) is 24.3 Å². The molecule has 0 spiro atoms. The van der Waals surface area contributed by atoms with Gasteiger partial charge in [0.15, 0.2) is 0 Å². The van der Waals surface area contributed by atoms with Crippen molar-refractivity contribution in [2.75, 3.05) is 27.9 Å². The highest BCUT2D eigenvalue weighted by Gasteiger charge is 2.40. The lowest BCUT2D eigenvalue weighted by Gasteiger charge is -2.23. The molecule has 0 heterocycles. The average Bonchev–Trinajstić information content (AvgIpc) is 2.62. The summed E-state index contributed by atoms with van der Waals surface area (Å²) in [5.74, 6) is -5.08. The van der Waals surface area contributed by atoms with Crippen LogP contribution in [0.4, 0.5) is 0 Å². The second-order valence-electron chi connectivity index (χ2n) is 5.11. The van der Waals surface area contributed by atoms with E-state index in [0.29, 0.717) is 11.3 Å². The first-order chi connectivity index (χ1) is 11.8. The molecule has 1 rings (SSSR count). The van der Waals surface area contributed by atoms with Crippen molar-refractivity contribution in [3.8, 4) is 5.75 Å². The number of para-hydroxylation sites is 1. The van der Waals surface area contributed by atoms with Gasteiger partial charge in [-0.2, -0.15) is 0 Å². The minimum absolute atomic E-state index is 0.307. The maximum atomic E-state index is 12.4. The number of esters is 2. The molecule has 0 amide bonds. The maximum absolute atomic E-state index is 12.4. The molecule has 0 aliphatic carbocycles. The minimum atomic E-state index is -1.32. The second-order valence-corrected chi connectivity index (χ2v) is 5.11. The van der Waals surface area contributed by atoms with Gasteiger partial charge in [-0.25, -0.2) is 4.79 Å². The molecule has 0 fully saturated rings. The molecule has 0 bridgehead atoms. The Kier molecular flexibility index (Phi) is 7.51. The van der Waals surface area contributed by atoms with Crippen LogP contribution in [-0.4, -0.2) is 50.5 Å². The van der Waals surface area contributed by atoms with Crippen LogP contribution in [0.25, 0.3) is 0 Å². The van der Waals surface area contributed by atoms with Gasteiger partial charge in [-0.05, 0) is 6.07 Å². The van der Waals surface area contributed by atoms with E-state index in [0.717, 1.165) is 14.2 Å². The lowest BCUT2D eigenvalue weighted by Crippen LogP contribution is -2.35. The summed E-state index contributed by atoms with van der Waals surface area (Å²) in [7, 11) is 3.51. The van der Waals surface area contributed by atoms with Gasteiger partial charge in [0.1, 0.15) is 5.75 Å². The number of rotatable bonds is 9. The number of benzene rings is 1. The highest BCUT2D eigenvalue weighted by molar-refractivity contribution is 6.34. The fourth-order valence-corrected chi connectivity index (χ4v) is 2.51. The van der Waals surface area contributed by atoms with Crippen LogP contribution in [0.3, 0.4) is 0 Å². The molecule has 0 aromatic heterocycles. The monoisotopic (exact) mass is 353 g/mol. The third-order valence-electron chi connectivity index (χ3n) is 3.71.